The van der Waals surface area contributed by atoms with E-state index >= 15 is 0 Å². The predicted molar refractivity (Wildman–Crippen MR) is 93.7 cm³/mol. The van der Waals surface area contributed by atoms with Crippen LogP contribution < -0.4 is 4.72 Å². The van der Waals surface area contributed by atoms with E-state index in [-0.39, 0.29) is 11.5 Å². The van der Waals surface area contributed by atoms with Gasteiger partial charge in [-0.2, -0.15) is 17.0 Å². The van der Waals surface area contributed by atoms with Gasteiger partial charge in [0.25, 0.3) is 10.0 Å². The first-order valence-corrected chi connectivity index (χ1v) is 9.88. The zero-order valence-corrected chi connectivity index (χ0v) is 15.1. The molecule has 1 aromatic rings. The average Bonchev–Trinajstić information content (AvgIpc) is 3.00. The Kier molecular flexibility index (Phi) is 6.04. The molecule has 1 fully saturated rings. The van der Waals surface area contributed by atoms with Crippen LogP contribution in [0.25, 0.3) is 0 Å². The van der Waals surface area contributed by atoms with Crippen molar-refractivity contribution in [3.63, 3.8) is 0 Å². The molecule has 1 aliphatic rings. The fourth-order valence-corrected chi connectivity index (χ4v) is 3.91. The molecule has 2 N–H and O–H groups in total. The molecule has 0 aliphatic carbocycles. The van der Waals surface area contributed by atoms with E-state index in [2.05, 4.69) is 9.71 Å². The van der Waals surface area contributed by atoms with Gasteiger partial charge in [0.1, 0.15) is 17.2 Å². The van der Waals surface area contributed by atoms with E-state index < -0.39 is 15.3 Å². The Bertz CT molecular complexity index is 777. The van der Waals surface area contributed by atoms with E-state index in [1.54, 1.807) is 17.8 Å². The summed E-state index contributed by atoms with van der Waals surface area (Å²) in [6.07, 6.45) is 0. The Morgan fingerprint density at radius 3 is 2.79 bits per heavy atom. The number of nitriles is 1. The Labute approximate surface area is 145 Å². The van der Waals surface area contributed by atoms with Crippen LogP contribution in [0.3, 0.4) is 0 Å². The first-order valence-electron chi connectivity index (χ1n) is 7.18. The molecule has 1 saturated heterocycles. The minimum absolute atomic E-state index is 0.0339. The molecule has 2 heterocycles. The van der Waals surface area contributed by atoms with Crippen molar-refractivity contribution in [3.05, 3.63) is 23.7 Å². The summed E-state index contributed by atoms with van der Waals surface area (Å²) in [5.74, 6) is 3.10. The summed E-state index contributed by atoms with van der Waals surface area (Å²) in [6, 6.07) is 5.49. The third-order valence-electron chi connectivity index (χ3n) is 3.12. The summed E-state index contributed by atoms with van der Waals surface area (Å²) in [5, 5.41) is 15.0. The summed E-state index contributed by atoms with van der Waals surface area (Å²) in [6.45, 7) is 1.11. The Hall–Kier alpha value is -1.83. The molecule has 0 radical (unpaired) electrons. The first kappa shape index (κ1) is 18.5. The molecule has 0 saturated carbocycles. The molecule has 1 aliphatic heterocycles. The highest BCUT2D eigenvalue weighted by molar-refractivity contribution is 7.98. The molecule has 1 atom stereocenters. The fourth-order valence-electron chi connectivity index (χ4n) is 2.07. The minimum Gasteiger partial charge on any atom is -0.464 e. The lowest BCUT2D eigenvalue weighted by Crippen LogP contribution is -2.24. The van der Waals surface area contributed by atoms with Crippen molar-refractivity contribution in [2.45, 2.75) is 17.5 Å². The highest BCUT2D eigenvalue weighted by atomic mass is 32.2. The van der Waals surface area contributed by atoms with Crippen LogP contribution >= 0.6 is 11.8 Å². The number of thioether (sulfide) groups is 1. The quantitative estimate of drug-likeness (QED) is 0.686. The van der Waals surface area contributed by atoms with Gasteiger partial charge in [-0.05, 0) is 26.2 Å². The normalized spacial score (nSPS) is 21.2. The third kappa shape index (κ3) is 4.59. The van der Waals surface area contributed by atoms with Gasteiger partial charge in [-0.15, -0.1) is 0 Å². The van der Waals surface area contributed by atoms with Crippen LogP contribution in [0.1, 0.15) is 11.5 Å². The number of nitrogens with one attached hydrogen (secondary N) is 2. The van der Waals surface area contributed by atoms with Crippen LogP contribution in [0.15, 0.2) is 21.5 Å². The molecule has 24 heavy (non-hydrogen) atoms. The Balaban J connectivity index is 1.78. The number of sulfonamides is 1. The van der Waals surface area contributed by atoms with Crippen molar-refractivity contribution in [3.8, 4) is 6.07 Å². The summed E-state index contributed by atoms with van der Waals surface area (Å²) in [4.78, 5) is 6.09. The van der Waals surface area contributed by atoms with E-state index in [1.807, 2.05) is 31.1 Å². The van der Waals surface area contributed by atoms with Gasteiger partial charge in [0.2, 0.25) is 5.25 Å². The molecule has 0 amide bonds. The molecule has 1 unspecified atom stereocenters. The minimum atomic E-state index is -3.82. The van der Waals surface area contributed by atoms with E-state index in [4.69, 9.17) is 15.1 Å². The molecule has 0 bridgehead atoms. The number of aliphatic imine (C=N–C) groups is 1. The molecule has 1 aromatic heterocycles. The lowest BCUT2D eigenvalue weighted by Gasteiger charge is -2.05. The van der Waals surface area contributed by atoms with Crippen molar-refractivity contribution in [2.75, 3.05) is 26.4 Å². The van der Waals surface area contributed by atoms with Crippen LogP contribution in [0.5, 0.6) is 0 Å². The number of furan rings is 1. The van der Waals surface area contributed by atoms with Gasteiger partial charge in [-0.3, -0.25) is 15.1 Å². The van der Waals surface area contributed by atoms with Gasteiger partial charge in [0, 0.05) is 5.75 Å². The van der Waals surface area contributed by atoms with Gasteiger partial charge < -0.3 is 9.32 Å². The summed E-state index contributed by atoms with van der Waals surface area (Å²) < 4.78 is 31.0. The third-order valence-corrected chi connectivity index (χ3v) is 5.52. The van der Waals surface area contributed by atoms with E-state index in [1.165, 1.54) is 0 Å². The topological polar surface area (TPSA) is 123 Å². The van der Waals surface area contributed by atoms with Gasteiger partial charge in [-0.25, -0.2) is 8.42 Å². The van der Waals surface area contributed by atoms with Crippen molar-refractivity contribution in [2.24, 2.45) is 4.99 Å². The van der Waals surface area contributed by atoms with Crippen molar-refractivity contribution < 1.29 is 12.8 Å². The Morgan fingerprint density at radius 2 is 2.17 bits per heavy atom. The average molecular weight is 369 g/mol. The zero-order chi connectivity index (χ0) is 17.7. The SMILES string of the molecule is CN(C)Cc1ccc(CSCCN=C2NS(=O)(=O)C(C#N)C2=N)o1. The molecule has 0 aromatic carbocycles. The van der Waals surface area contributed by atoms with Gasteiger partial charge in [-0.1, -0.05) is 0 Å². The molecule has 2 rings (SSSR count). The summed E-state index contributed by atoms with van der Waals surface area (Å²) >= 11 is 1.60. The van der Waals surface area contributed by atoms with Crippen LogP contribution in [0, 0.1) is 16.7 Å². The van der Waals surface area contributed by atoms with Crippen molar-refractivity contribution >= 4 is 33.3 Å². The maximum Gasteiger partial charge on any atom is 0.256 e. The van der Waals surface area contributed by atoms with Crippen LogP contribution in [-0.2, 0) is 22.3 Å². The highest BCUT2D eigenvalue weighted by Crippen LogP contribution is 2.16. The molecular formula is C14H19N5O3S2. The largest absolute Gasteiger partial charge is 0.464 e. The lowest BCUT2D eigenvalue weighted by atomic mass is 10.2. The molecule has 0 spiro atoms. The Morgan fingerprint density at radius 1 is 1.46 bits per heavy atom. The number of nitrogens with zero attached hydrogens (tertiary/aromatic N) is 3. The second-order valence-electron chi connectivity index (χ2n) is 5.46. The van der Waals surface area contributed by atoms with Crippen LogP contribution in [0.4, 0.5) is 0 Å². The molecule has 10 heteroatoms. The number of amidine groups is 1. The molecular weight excluding hydrogens is 350 g/mol. The second-order valence-corrected chi connectivity index (χ2v) is 8.33. The summed E-state index contributed by atoms with van der Waals surface area (Å²) in [5.41, 5.74) is -0.290. The van der Waals surface area contributed by atoms with Crippen LogP contribution in [0.2, 0.25) is 0 Å². The second kappa shape index (κ2) is 7.83. The molecule has 130 valence electrons. The smallest absolute Gasteiger partial charge is 0.256 e. The predicted octanol–water partition coefficient (Wildman–Crippen LogP) is 0.818. The monoisotopic (exact) mass is 369 g/mol. The standard InChI is InChI=1S/C14H19N5O3S2/c1-19(2)8-10-3-4-11(22-10)9-23-6-5-17-14-13(16)12(7-15)24(20,21)18-14/h3-4,12,16H,5-6,8-9H2,1-2H3,(H,17,18). The van der Waals surface area contributed by atoms with Crippen molar-refractivity contribution in [1.29, 1.82) is 10.7 Å². The van der Waals surface area contributed by atoms with E-state index in [0.29, 0.717) is 18.1 Å². The fraction of sp³-hybridized carbons (Fsp3) is 0.500. The lowest BCUT2D eigenvalue weighted by molar-refractivity contribution is 0.344. The van der Waals surface area contributed by atoms with E-state index in [0.717, 1.165) is 18.1 Å². The van der Waals surface area contributed by atoms with Gasteiger partial charge >= 0.3 is 0 Å². The maximum absolute atomic E-state index is 11.6. The van der Waals surface area contributed by atoms with Gasteiger partial charge in [0.15, 0.2) is 5.84 Å². The number of hydrogen-bond acceptors (Lipinski definition) is 8. The van der Waals surface area contributed by atoms with E-state index in [9.17, 15) is 8.42 Å². The maximum atomic E-state index is 11.6. The zero-order valence-electron chi connectivity index (χ0n) is 13.4. The van der Waals surface area contributed by atoms with Crippen LogP contribution in [-0.4, -0.2) is 56.5 Å². The van der Waals surface area contributed by atoms with Crippen molar-refractivity contribution in [1.82, 2.24) is 9.62 Å². The highest BCUT2D eigenvalue weighted by Gasteiger charge is 2.40. The van der Waals surface area contributed by atoms with Gasteiger partial charge in [0.05, 0.1) is 24.9 Å². The number of rotatable bonds is 7. The number of hydrogen-bond donors (Lipinski definition) is 2. The summed E-state index contributed by atoms with van der Waals surface area (Å²) in [7, 11) is 0.127. The first-order chi connectivity index (χ1) is 11.3. The molecule has 8 nitrogen and oxygen atoms in total.